The van der Waals surface area contributed by atoms with Gasteiger partial charge in [-0.25, -0.2) is 0 Å². The molecular weight excluding hydrogens is 647 g/mol. The van der Waals surface area contributed by atoms with Gasteiger partial charge in [0.1, 0.15) is 0 Å². The van der Waals surface area contributed by atoms with Crippen LogP contribution in [0.2, 0.25) is 0 Å². The number of benzene rings is 4. The third-order valence-corrected chi connectivity index (χ3v) is 11.9. The maximum absolute atomic E-state index is 4.82. The molecule has 3 saturated carbocycles. The predicted octanol–water partition coefficient (Wildman–Crippen LogP) is 11.8. The smallest absolute Gasteiger partial charge is 0.0894 e. The van der Waals surface area contributed by atoms with Gasteiger partial charge in [-0.15, -0.1) is 0 Å². The fourth-order valence-corrected chi connectivity index (χ4v) is 9.35. The molecule has 3 aliphatic rings. The minimum absolute atomic E-state index is 0.114. The van der Waals surface area contributed by atoms with Crippen molar-refractivity contribution in [2.45, 2.75) is 50.4 Å². The number of nitrogens with zero attached hydrogens (tertiary/aromatic N) is 5. The van der Waals surface area contributed by atoms with Crippen molar-refractivity contribution in [3.8, 4) is 22.3 Å². The second kappa shape index (κ2) is 12.2. The lowest BCUT2D eigenvalue weighted by atomic mass is 9.55. The van der Waals surface area contributed by atoms with Crippen LogP contribution in [0, 0.1) is 13.8 Å². The fourth-order valence-electron chi connectivity index (χ4n) is 9.35. The lowest BCUT2D eigenvalue weighted by Gasteiger charge is -2.49. The molecule has 4 aromatic heterocycles. The number of rotatable bonds is 7. The third kappa shape index (κ3) is 5.30. The molecule has 0 atom stereocenters. The fraction of sp³-hybridized carbons (Fsp3) is 0.167. The van der Waals surface area contributed by atoms with Crippen molar-refractivity contribution in [3.05, 3.63) is 175 Å². The molecule has 0 N–H and O–H groups in total. The Morgan fingerprint density at radius 2 is 0.943 bits per heavy atom. The van der Waals surface area contributed by atoms with Crippen LogP contribution in [-0.2, 0) is 10.8 Å². The highest BCUT2D eigenvalue weighted by Gasteiger charge is 2.61. The number of fused-ring (bicyclic) bond motifs is 3. The van der Waals surface area contributed by atoms with E-state index in [-0.39, 0.29) is 10.8 Å². The average molecular weight is 686 g/mol. The van der Waals surface area contributed by atoms with Gasteiger partial charge in [0.2, 0.25) is 0 Å². The Hall–Kier alpha value is -6.20. The highest BCUT2D eigenvalue weighted by Crippen LogP contribution is 2.68. The molecule has 5 nitrogen and oxygen atoms in total. The van der Waals surface area contributed by atoms with Gasteiger partial charge in [0.15, 0.2) is 0 Å². The molecule has 4 aromatic carbocycles. The van der Waals surface area contributed by atoms with Crippen molar-refractivity contribution in [1.29, 1.82) is 0 Å². The van der Waals surface area contributed by atoms with E-state index in [1.807, 2.05) is 38.6 Å². The standard InChI is InChI=1S/C48H39N5/c1-32-13-19-41-43(26-49-28-45(41)51-32)34-23-35(44-27-50-29-46-42(44)20-14-33(2)52-46)25-37(24-34)48-22-21-47(30-48,31-48)36-15-17-40(18-16-36)53(38-9-5-3-6-10-38)39-11-7-4-8-12-39/h3-20,23-29H,21-22,30-31H2,1-2H3. The summed E-state index contributed by atoms with van der Waals surface area (Å²) in [6.45, 7) is 4.07. The Morgan fingerprint density at radius 1 is 0.472 bits per heavy atom. The van der Waals surface area contributed by atoms with E-state index in [2.05, 4.69) is 142 Å². The molecule has 2 bridgehead atoms. The van der Waals surface area contributed by atoms with E-state index in [1.165, 1.54) is 40.8 Å². The number of hydrogen-bond donors (Lipinski definition) is 0. The van der Waals surface area contributed by atoms with Gasteiger partial charge in [-0.05, 0) is 127 Å². The molecule has 0 unspecified atom stereocenters. The van der Waals surface area contributed by atoms with E-state index in [1.54, 1.807) is 0 Å². The summed E-state index contributed by atoms with van der Waals surface area (Å²) in [6, 6.07) is 46.5. The van der Waals surface area contributed by atoms with Crippen LogP contribution in [0.15, 0.2) is 152 Å². The van der Waals surface area contributed by atoms with Gasteiger partial charge >= 0.3 is 0 Å². The number of hydrogen-bond acceptors (Lipinski definition) is 5. The van der Waals surface area contributed by atoms with Crippen LogP contribution in [0.1, 0.15) is 48.2 Å². The normalized spacial score (nSPS) is 19.0. The number of pyridine rings is 4. The Morgan fingerprint density at radius 3 is 1.45 bits per heavy atom. The van der Waals surface area contributed by atoms with Crippen molar-refractivity contribution in [3.63, 3.8) is 0 Å². The lowest BCUT2D eigenvalue weighted by Crippen LogP contribution is -2.43. The summed E-state index contributed by atoms with van der Waals surface area (Å²) in [4.78, 5) is 21.3. The summed E-state index contributed by atoms with van der Waals surface area (Å²) in [5.41, 5.74) is 15.0. The van der Waals surface area contributed by atoms with Crippen molar-refractivity contribution in [2.24, 2.45) is 0 Å². The molecule has 0 radical (unpaired) electrons. The second-order valence-electron chi connectivity index (χ2n) is 15.2. The Labute approximate surface area is 310 Å². The van der Waals surface area contributed by atoms with Crippen molar-refractivity contribution >= 4 is 38.9 Å². The van der Waals surface area contributed by atoms with Crippen LogP contribution in [0.25, 0.3) is 44.1 Å². The van der Waals surface area contributed by atoms with Gasteiger partial charge in [-0.1, -0.05) is 72.8 Å². The van der Waals surface area contributed by atoms with Gasteiger partial charge in [-0.3, -0.25) is 19.9 Å². The number of aryl methyl sites for hydroxylation is 2. The van der Waals surface area contributed by atoms with E-state index in [9.17, 15) is 0 Å². The molecule has 5 heteroatoms. The lowest BCUT2D eigenvalue weighted by molar-refractivity contribution is 0.194. The molecule has 0 aliphatic heterocycles. The summed E-state index contributed by atoms with van der Waals surface area (Å²) < 4.78 is 0. The zero-order chi connectivity index (χ0) is 35.6. The first kappa shape index (κ1) is 31.5. The van der Waals surface area contributed by atoms with Crippen LogP contribution < -0.4 is 4.90 Å². The molecule has 3 fully saturated rings. The quantitative estimate of drug-likeness (QED) is 0.167. The van der Waals surface area contributed by atoms with Crippen molar-refractivity contribution < 1.29 is 0 Å². The largest absolute Gasteiger partial charge is 0.311 e. The van der Waals surface area contributed by atoms with Crippen molar-refractivity contribution in [1.82, 2.24) is 19.9 Å². The molecule has 3 aliphatic carbocycles. The first-order valence-electron chi connectivity index (χ1n) is 18.6. The Balaban J connectivity index is 1.04. The van der Waals surface area contributed by atoms with E-state index < -0.39 is 0 Å². The van der Waals surface area contributed by atoms with Crippen LogP contribution >= 0.6 is 0 Å². The second-order valence-corrected chi connectivity index (χ2v) is 15.2. The van der Waals surface area contributed by atoms with Crippen LogP contribution in [0.5, 0.6) is 0 Å². The maximum Gasteiger partial charge on any atom is 0.0894 e. The molecule has 0 saturated heterocycles. The van der Waals surface area contributed by atoms with E-state index in [4.69, 9.17) is 9.97 Å². The Kier molecular flexibility index (Phi) is 7.26. The summed E-state index contributed by atoms with van der Waals surface area (Å²) in [5, 5.41) is 2.24. The predicted molar refractivity (Wildman–Crippen MR) is 216 cm³/mol. The number of anilines is 3. The summed E-state index contributed by atoms with van der Waals surface area (Å²) in [6.07, 6.45) is 12.4. The summed E-state index contributed by atoms with van der Waals surface area (Å²) in [5.74, 6) is 0. The van der Waals surface area contributed by atoms with Crippen LogP contribution in [0.4, 0.5) is 17.1 Å². The van der Waals surface area contributed by atoms with Crippen molar-refractivity contribution in [2.75, 3.05) is 4.90 Å². The van der Waals surface area contributed by atoms with Crippen LogP contribution in [0.3, 0.4) is 0 Å². The number of aromatic nitrogens is 4. The molecule has 0 amide bonds. The van der Waals surface area contributed by atoms with Gasteiger partial charge in [0, 0.05) is 62.7 Å². The average Bonchev–Trinajstić information content (AvgIpc) is 3.78. The van der Waals surface area contributed by atoms with Gasteiger partial charge in [-0.2, -0.15) is 0 Å². The first-order valence-corrected chi connectivity index (χ1v) is 18.6. The highest BCUT2D eigenvalue weighted by atomic mass is 15.1. The molecule has 8 aromatic rings. The maximum atomic E-state index is 4.82. The summed E-state index contributed by atoms with van der Waals surface area (Å²) >= 11 is 0. The Bertz CT molecular complexity index is 2500. The summed E-state index contributed by atoms with van der Waals surface area (Å²) in [7, 11) is 0. The minimum atomic E-state index is 0.114. The first-order chi connectivity index (χ1) is 26.0. The van der Waals surface area contributed by atoms with Gasteiger partial charge in [0.25, 0.3) is 0 Å². The SMILES string of the molecule is Cc1ccc2c(-c3cc(-c4cncc5nc(C)ccc45)cc(C45CCC(c6ccc(N(c7ccccc7)c7ccccc7)cc6)(C4)C5)c3)cncc2n1. The topological polar surface area (TPSA) is 54.8 Å². The molecule has 0 spiro atoms. The van der Waals surface area contributed by atoms with Crippen LogP contribution in [-0.4, -0.2) is 19.9 Å². The third-order valence-electron chi connectivity index (χ3n) is 11.9. The highest BCUT2D eigenvalue weighted by molar-refractivity contribution is 5.98. The zero-order valence-electron chi connectivity index (χ0n) is 30.0. The molecule has 53 heavy (non-hydrogen) atoms. The van der Waals surface area contributed by atoms with E-state index in [0.717, 1.165) is 68.5 Å². The minimum Gasteiger partial charge on any atom is -0.311 e. The van der Waals surface area contributed by atoms with E-state index in [0.29, 0.717) is 0 Å². The number of para-hydroxylation sites is 2. The van der Waals surface area contributed by atoms with Gasteiger partial charge in [0.05, 0.1) is 23.4 Å². The molecular formula is C48H39N5. The molecule has 11 rings (SSSR count). The van der Waals surface area contributed by atoms with E-state index >= 15 is 0 Å². The molecule has 4 heterocycles. The monoisotopic (exact) mass is 685 g/mol. The van der Waals surface area contributed by atoms with Gasteiger partial charge < -0.3 is 4.90 Å². The molecule has 256 valence electrons. The zero-order valence-corrected chi connectivity index (χ0v) is 30.0.